The van der Waals surface area contributed by atoms with Crippen molar-refractivity contribution in [3.63, 3.8) is 0 Å². The molecule has 12 nitrogen and oxygen atoms in total. The van der Waals surface area contributed by atoms with E-state index in [9.17, 15) is 27.9 Å². The van der Waals surface area contributed by atoms with Crippen LogP contribution in [0.1, 0.15) is 50.1 Å². The molecule has 2 unspecified atom stereocenters. The third kappa shape index (κ3) is 7.81. The van der Waals surface area contributed by atoms with E-state index in [0.717, 1.165) is 52.2 Å². The van der Waals surface area contributed by atoms with Gasteiger partial charge in [-0.3, -0.25) is 9.59 Å². The summed E-state index contributed by atoms with van der Waals surface area (Å²) < 4.78 is 43.0. The maximum absolute atomic E-state index is 12.7. The van der Waals surface area contributed by atoms with Crippen LogP contribution in [0.15, 0.2) is 102 Å². The fraction of sp³-hybridized carbons (Fsp3) is 0.409. The highest BCUT2D eigenvalue weighted by molar-refractivity contribution is 7.90. The van der Waals surface area contributed by atoms with Crippen LogP contribution < -0.4 is 9.47 Å². The number of hydrogen-bond acceptors (Lipinski definition) is 9. The Bertz CT molecular complexity index is 2240. The summed E-state index contributed by atoms with van der Waals surface area (Å²) in [6.45, 7) is 10.5. The fourth-order valence-electron chi connectivity index (χ4n) is 9.52. The lowest BCUT2D eigenvalue weighted by molar-refractivity contribution is -0.142. The number of benzene rings is 3. The topological polar surface area (TPSA) is 157 Å². The summed E-state index contributed by atoms with van der Waals surface area (Å²) in [5.74, 6) is 0.870. The largest absolute Gasteiger partial charge is 0.493 e. The van der Waals surface area contributed by atoms with Crippen molar-refractivity contribution in [2.75, 3.05) is 25.4 Å². The monoisotopic (exact) mass is 795 g/mol. The lowest BCUT2D eigenvalue weighted by atomic mass is 9.69. The van der Waals surface area contributed by atoms with E-state index in [1.165, 1.54) is 4.90 Å². The number of nitrogens with zero attached hydrogens (tertiary/aromatic N) is 3. The third-order valence-corrected chi connectivity index (χ3v) is 14.6. The van der Waals surface area contributed by atoms with E-state index in [0.29, 0.717) is 49.3 Å². The van der Waals surface area contributed by atoms with Gasteiger partial charge in [0.2, 0.25) is 15.9 Å². The van der Waals surface area contributed by atoms with E-state index in [-0.39, 0.29) is 35.1 Å². The Morgan fingerprint density at radius 3 is 2.39 bits per heavy atom. The zero-order valence-corrected chi connectivity index (χ0v) is 33.3. The number of rotatable bonds is 10. The van der Waals surface area contributed by atoms with Crippen molar-refractivity contribution in [2.45, 2.75) is 58.9 Å². The van der Waals surface area contributed by atoms with Gasteiger partial charge in [0, 0.05) is 30.5 Å². The lowest BCUT2D eigenvalue weighted by Crippen LogP contribution is -2.43. The summed E-state index contributed by atoms with van der Waals surface area (Å²) in [6.07, 6.45) is 4.53. The SMILES string of the molecule is C=CC(=O)N1C2CC3CC[C@]2(CS1(=O)=O)C3(C)C.Cc1oc(-c2ccccc2)nc1CCOc1cccc(C[C@@H]2CN(C(=O)Oc3ccccc3)C[C@H]2C(=O)O)c1. The molecule has 2 bridgehead atoms. The molecule has 3 aromatic carbocycles. The second-order valence-electron chi connectivity index (χ2n) is 16.1. The minimum atomic E-state index is -3.46. The Balaban J connectivity index is 0.000000229. The first kappa shape index (κ1) is 39.8. The summed E-state index contributed by atoms with van der Waals surface area (Å²) >= 11 is 0. The number of amides is 2. The molecule has 2 saturated carbocycles. The van der Waals surface area contributed by atoms with Crippen LogP contribution in [0.4, 0.5) is 4.79 Å². The van der Waals surface area contributed by atoms with Gasteiger partial charge in [-0.1, -0.05) is 69.0 Å². The molecule has 1 spiro atoms. The Kier molecular flexibility index (Phi) is 11.1. The normalized spacial score (nSPS) is 25.0. The van der Waals surface area contributed by atoms with Crippen LogP contribution in [0.5, 0.6) is 11.5 Å². The molecule has 2 aliphatic heterocycles. The van der Waals surface area contributed by atoms with Crippen LogP contribution in [-0.4, -0.2) is 77.2 Å². The minimum Gasteiger partial charge on any atom is -0.493 e. The highest BCUT2D eigenvalue weighted by atomic mass is 32.2. The number of hydrogen-bond donors (Lipinski definition) is 1. The van der Waals surface area contributed by atoms with E-state index in [1.807, 2.05) is 67.6 Å². The number of aliphatic carboxylic acids is 1. The number of carbonyl (C=O) groups is 3. The number of fused-ring (bicyclic) bond motifs is 1. The number of aromatic nitrogens is 1. The summed E-state index contributed by atoms with van der Waals surface area (Å²) in [5, 5.41) is 9.81. The van der Waals surface area contributed by atoms with E-state index in [4.69, 9.17) is 13.9 Å². The number of para-hydroxylation sites is 1. The van der Waals surface area contributed by atoms with Crippen molar-refractivity contribution >= 4 is 28.0 Å². The van der Waals surface area contributed by atoms with Crippen LogP contribution in [0, 0.1) is 35.5 Å². The van der Waals surface area contributed by atoms with Gasteiger partial charge in [0.05, 0.1) is 30.0 Å². The molecule has 4 aromatic rings. The molecular weight excluding hydrogens is 747 g/mol. The van der Waals surface area contributed by atoms with Gasteiger partial charge in [-0.2, -0.15) is 0 Å². The fourth-order valence-corrected chi connectivity index (χ4v) is 12.0. The lowest BCUT2D eigenvalue weighted by Gasteiger charge is -2.36. The van der Waals surface area contributed by atoms with Gasteiger partial charge in [-0.25, -0.2) is 22.5 Å². The van der Waals surface area contributed by atoms with Crippen LogP contribution in [-0.2, 0) is 32.5 Å². The minimum absolute atomic E-state index is 0.0148. The molecule has 4 aliphatic rings. The molecule has 0 radical (unpaired) electrons. The Morgan fingerprint density at radius 2 is 1.70 bits per heavy atom. The second kappa shape index (κ2) is 15.8. The van der Waals surface area contributed by atoms with E-state index >= 15 is 0 Å². The smallest absolute Gasteiger partial charge is 0.415 e. The molecule has 1 aromatic heterocycles. The predicted octanol–water partition coefficient (Wildman–Crippen LogP) is 7.18. The van der Waals surface area contributed by atoms with Gasteiger partial charge >= 0.3 is 12.1 Å². The number of carboxylic acids is 1. The maximum atomic E-state index is 12.7. The highest BCUT2D eigenvalue weighted by Crippen LogP contribution is 2.70. The van der Waals surface area contributed by atoms with Gasteiger partial charge < -0.3 is 23.9 Å². The number of aryl methyl sites for hydroxylation is 1. The van der Waals surface area contributed by atoms with Crippen molar-refractivity contribution in [2.24, 2.45) is 28.6 Å². The summed E-state index contributed by atoms with van der Waals surface area (Å²) in [6, 6.07) is 26.0. The van der Waals surface area contributed by atoms with Gasteiger partial charge in [0.25, 0.3) is 5.91 Å². The zero-order valence-electron chi connectivity index (χ0n) is 32.5. The molecule has 5 atom stereocenters. The van der Waals surface area contributed by atoms with Crippen molar-refractivity contribution in [3.05, 3.63) is 115 Å². The zero-order chi connectivity index (χ0) is 40.5. The molecule has 300 valence electrons. The molecule has 2 aliphatic carbocycles. The molecule has 57 heavy (non-hydrogen) atoms. The summed E-state index contributed by atoms with van der Waals surface area (Å²) in [7, 11) is -3.46. The highest BCUT2D eigenvalue weighted by Gasteiger charge is 2.72. The van der Waals surface area contributed by atoms with Gasteiger partial charge in [0.15, 0.2) is 0 Å². The number of carboxylic acid groups (broad SMARTS) is 1. The Morgan fingerprint density at radius 1 is 1.00 bits per heavy atom. The van der Waals surface area contributed by atoms with Crippen LogP contribution in [0.3, 0.4) is 0 Å². The number of ether oxygens (including phenoxy) is 2. The first-order valence-corrected chi connectivity index (χ1v) is 21.0. The number of oxazole rings is 1. The van der Waals surface area contributed by atoms with Crippen molar-refractivity contribution in [1.82, 2.24) is 14.2 Å². The number of carbonyl (C=O) groups excluding carboxylic acids is 2. The predicted molar refractivity (Wildman–Crippen MR) is 213 cm³/mol. The molecule has 2 amide bonds. The van der Waals surface area contributed by atoms with E-state index < -0.39 is 33.9 Å². The number of likely N-dealkylation sites (tertiary alicyclic amines) is 1. The number of sulfonamides is 1. The van der Waals surface area contributed by atoms with Gasteiger partial charge in [-0.05, 0) is 97.9 Å². The van der Waals surface area contributed by atoms with Crippen molar-refractivity contribution < 1.29 is 41.8 Å². The quantitative estimate of drug-likeness (QED) is 0.163. The summed E-state index contributed by atoms with van der Waals surface area (Å²) in [5.41, 5.74) is 2.52. The molecule has 4 fully saturated rings. The van der Waals surface area contributed by atoms with Crippen LogP contribution in [0.2, 0.25) is 0 Å². The first-order chi connectivity index (χ1) is 27.2. The van der Waals surface area contributed by atoms with E-state index in [2.05, 4.69) is 25.4 Å². The Hall–Kier alpha value is -5.43. The van der Waals surface area contributed by atoms with Gasteiger partial charge in [-0.15, -0.1) is 0 Å². The molecule has 13 heteroatoms. The van der Waals surface area contributed by atoms with Gasteiger partial charge in [0.1, 0.15) is 17.3 Å². The molecule has 2 saturated heterocycles. The average molecular weight is 796 g/mol. The molecule has 1 N–H and O–H groups in total. The van der Waals surface area contributed by atoms with Crippen LogP contribution >= 0.6 is 0 Å². The molecule has 8 rings (SSSR count). The van der Waals surface area contributed by atoms with Crippen molar-refractivity contribution in [3.8, 4) is 23.0 Å². The standard InChI is InChI=1S/C31H30N2O6.C13H19NO3S/c1-21-28(32-29(38-21)23-10-4-2-5-11-23)15-16-37-26-14-8-9-22(18-26)17-24-19-33(20-27(24)30(34)35)31(36)39-25-12-6-3-7-13-25;1-4-11(15)14-10-7-9-5-6-13(10,12(9,2)3)8-18(14,16)17/h2-14,18,24,27H,15-17,19-20H2,1H3,(H,34,35);4,9-10H,1,5-8H2,2-3H3/t24-,27-;9?,10?,13-/m11/s1. The average Bonchev–Trinajstić information content (AvgIpc) is 3.95. The van der Waals surface area contributed by atoms with Crippen molar-refractivity contribution in [1.29, 1.82) is 0 Å². The third-order valence-electron chi connectivity index (χ3n) is 12.7. The molecular formula is C44H49N3O9S. The van der Waals surface area contributed by atoms with Crippen LogP contribution in [0.25, 0.3) is 11.5 Å². The van der Waals surface area contributed by atoms with E-state index in [1.54, 1.807) is 24.3 Å². The Labute approximate surface area is 333 Å². The molecule has 3 heterocycles. The maximum Gasteiger partial charge on any atom is 0.415 e. The second-order valence-corrected chi connectivity index (χ2v) is 17.9. The summed E-state index contributed by atoms with van der Waals surface area (Å²) in [4.78, 5) is 42.6. The first-order valence-electron chi connectivity index (χ1n) is 19.4.